The van der Waals surface area contributed by atoms with Gasteiger partial charge in [-0.05, 0) is 42.9 Å². The van der Waals surface area contributed by atoms with Crippen molar-refractivity contribution in [1.82, 2.24) is 5.32 Å². The minimum absolute atomic E-state index is 0.588. The number of nitrogens with one attached hydrogen (secondary N) is 1. The zero-order valence-corrected chi connectivity index (χ0v) is 12.0. The molecule has 1 nitrogen and oxygen atoms in total. The van der Waals surface area contributed by atoms with E-state index < -0.39 is 0 Å². The van der Waals surface area contributed by atoms with Crippen molar-refractivity contribution in [3.8, 4) is 0 Å². The SMILES string of the molecule is CC1CCC(CNC2CSc3ccccc32)CC1. The first kappa shape index (κ1) is 12.6. The number of fused-ring (bicyclic) bond motifs is 1. The molecule has 1 aliphatic carbocycles. The van der Waals surface area contributed by atoms with E-state index in [9.17, 15) is 0 Å². The van der Waals surface area contributed by atoms with Crippen molar-refractivity contribution >= 4 is 11.8 Å². The third-order valence-electron chi connectivity index (χ3n) is 4.49. The number of hydrogen-bond donors (Lipinski definition) is 1. The fourth-order valence-corrected chi connectivity index (χ4v) is 4.37. The smallest absolute Gasteiger partial charge is 0.0426 e. The van der Waals surface area contributed by atoms with Gasteiger partial charge in [0.05, 0.1) is 0 Å². The first-order valence-corrected chi connectivity index (χ1v) is 8.26. The third kappa shape index (κ3) is 2.75. The molecule has 3 rings (SSSR count). The van der Waals surface area contributed by atoms with Gasteiger partial charge in [-0.15, -0.1) is 11.8 Å². The van der Waals surface area contributed by atoms with Gasteiger partial charge in [0.1, 0.15) is 0 Å². The van der Waals surface area contributed by atoms with Crippen LogP contribution in [0, 0.1) is 11.8 Å². The highest BCUT2D eigenvalue weighted by molar-refractivity contribution is 7.99. The predicted molar refractivity (Wildman–Crippen MR) is 79.0 cm³/mol. The van der Waals surface area contributed by atoms with Crippen LogP contribution in [0.25, 0.3) is 0 Å². The maximum absolute atomic E-state index is 3.80. The van der Waals surface area contributed by atoms with E-state index in [4.69, 9.17) is 0 Å². The molecule has 0 saturated heterocycles. The van der Waals surface area contributed by atoms with E-state index >= 15 is 0 Å². The van der Waals surface area contributed by atoms with Gasteiger partial charge in [-0.1, -0.05) is 38.0 Å². The molecule has 0 spiro atoms. The van der Waals surface area contributed by atoms with Crippen LogP contribution in [0.5, 0.6) is 0 Å². The number of hydrogen-bond acceptors (Lipinski definition) is 2. The van der Waals surface area contributed by atoms with Crippen LogP contribution in [-0.2, 0) is 0 Å². The molecule has 18 heavy (non-hydrogen) atoms. The minimum Gasteiger partial charge on any atom is -0.309 e. The van der Waals surface area contributed by atoms with Crippen molar-refractivity contribution in [3.05, 3.63) is 29.8 Å². The highest BCUT2D eigenvalue weighted by Gasteiger charge is 2.24. The molecule has 1 heterocycles. The largest absolute Gasteiger partial charge is 0.309 e. The van der Waals surface area contributed by atoms with E-state index in [0.29, 0.717) is 6.04 Å². The minimum atomic E-state index is 0.588. The molecule has 1 aromatic carbocycles. The lowest BCUT2D eigenvalue weighted by Gasteiger charge is -2.27. The molecular weight excluding hydrogens is 238 g/mol. The molecule has 0 amide bonds. The zero-order valence-electron chi connectivity index (χ0n) is 11.2. The summed E-state index contributed by atoms with van der Waals surface area (Å²) in [6.07, 6.45) is 5.72. The standard InChI is InChI=1S/C16H23NS/c1-12-6-8-13(9-7-12)10-17-15-11-18-16-5-3-2-4-14(15)16/h2-5,12-13,15,17H,6-11H2,1H3. The first-order valence-electron chi connectivity index (χ1n) is 7.28. The molecule has 1 unspecified atom stereocenters. The van der Waals surface area contributed by atoms with Crippen molar-refractivity contribution in [2.45, 2.75) is 43.5 Å². The molecular formula is C16H23NS. The second-order valence-corrected chi connectivity index (χ2v) is 7.00. The normalized spacial score (nSPS) is 31.3. The van der Waals surface area contributed by atoms with Crippen LogP contribution in [0.1, 0.15) is 44.2 Å². The average Bonchev–Trinajstić information content (AvgIpc) is 2.82. The molecule has 0 radical (unpaired) electrons. The maximum Gasteiger partial charge on any atom is 0.0426 e. The van der Waals surface area contributed by atoms with E-state index in [-0.39, 0.29) is 0 Å². The van der Waals surface area contributed by atoms with E-state index in [1.54, 1.807) is 0 Å². The predicted octanol–water partition coefficient (Wildman–Crippen LogP) is 4.25. The van der Waals surface area contributed by atoms with Crippen molar-refractivity contribution in [2.24, 2.45) is 11.8 Å². The van der Waals surface area contributed by atoms with E-state index in [0.717, 1.165) is 11.8 Å². The van der Waals surface area contributed by atoms with Crippen LogP contribution in [0.2, 0.25) is 0 Å². The van der Waals surface area contributed by atoms with Gasteiger partial charge in [0.2, 0.25) is 0 Å². The maximum atomic E-state index is 3.80. The van der Waals surface area contributed by atoms with Crippen LogP contribution in [0.15, 0.2) is 29.2 Å². The second-order valence-electron chi connectivity index (χ2n) is 5.94. The highest BCUT2D eigenvalue weighted by atomic mass is 32.2. The lowest BCUT2D eigenvalue weighted by atomic mass is 9.83. The van der Waals surface area contributed by atoms with Gasteiger partial charge in [0.15, 0.2) is 0 Å². The van der Waals surface area contributed by atoms with Crippen LogP contribution in [0.4, 0.5) is 0 Å². The summed E-state index contributed by atoms with van der Waals surface area (Å²) in [6, 6.07) is 9.45. The number of thioether (sulfide) groups is 1. The summed E-state index contributed by atoms with van der Waals surface area (Å²) in [5.74, 6) is 3.09. The summed E-state index contributed by atoms with van der Waals surface area (Å²) < 4.78 is 0. The number of rotatable bonds is 3. The Bertz CT molecular complexity index is 396. The Labute approximate surface area is 115 Å². The summed E-state index contributed by atoms with van der Waals surface area (Å²) in [6.45, 7) is 3.61. The lowest BCUT2D eigenvalue weighted by Crippen LogP contribution is -2.29. The molecule has 1 fully saturated rings. The average molecular weight is 261 g/mol. The van der Waals surface area contributed by atoms with Crippen molar-refractivity contribution in [1.29, 1.82) is 0 Å². The molecule has 0 bridgehead atoms. The van der Waals surface area contributed by atoms with Crippen LogP contribution < -0.4 is 5.32 Å². The zero-order chi connectivity index (χ0) is 12.4. The monoisotopic (exact) mass is 261 g/mol. The van der Waals surface area contributed by atoms with Crippen LogP contribution in [0.3, 0.4) is 0 Å². The van der Waals surface area contributed by atoms with Crippen molar-refractivity contribution in [2.75, 3.05) is 12.3 Å². The molecule has 1 aromatic rings. The van der Waals surface area contributed by atoms with Crippen molar-refractivity contribution < 1.29 is 0 Å². The fourth-order valence-electron chi connectivity index (χ4n) is 3.17. The Morgan fingerprint density at radius 3 is 2.78 bits per heavy atom. The van der Waals surface area contributed by atoms with E-state index in [1.807, 2.05) is 11.8 Å². The Hall–Kier alpha value is -0.470. The molecule has 1 saturated carbocycles. The van der Waals surface area contributed by atoms with Gasteiger partial charge < -0.3 is 5.32 Å². The van der Waals surface area contributed by atoms with E-state index in [1.165, 1.54) is 48.4 Å². The van der Waals surface area contributed by atoms with Gasteiger partial charge in [-0.25, -0.2) is 0 Å². The molecule has 98 valence electrons. The Kier molecular flexibility index (Phi) is 3.95. The van der Waals surface area contributed by atoms with Gasteiger partial charge in [-0.3, -0.25) is 0 Å². The highest BCUT2D eigenvalue weighted by Crippen LogP contribution is 2.38. The Morgan fingerprint density at radius 1 is 1.17 bits per heavy atom. The quantitative estimate of drug-likeness (QED) is 0.873. The molecule has 0 aromatic heterocycles. The fraction of sp³-hybridized carbons (Fsp3) is 0.625. The summed E-state index contributed by atoms with van der Waals surface area (Å²) in [5, 5.41) is 3.80. The van der Waals surface area contributed by atoms with Crippen LogP contribution in [-0.4, -0.2) is 12.3 Å². The summed E-state index contributed by atoms with van der Waals surface area (Å²) >= 11 is 2.00. The Balaban J connectivity index is 1.53. The number of benzene rings is 1. The van der Waals surface area contributed by atoms with Gasteiger partial charge >= 0.3 is 0 Å². The van der Waals surface area contributed by atoms with Crippen molar-refractivity contribution in [3.63, 3.8) is 0 Å². The molecule has 2 heteroatoms. The molecule has 1 N–H and O–H groups in total. The summed E-state index contributed by atoms with van der Waals surface area (Å²) in [5.41, 5.74) is 1.52. The Morgan fingerprint density at radius 2 is 1.94 bits per heavy atom. The molecule has 2 aliphatic rings. The first-order chi connectivity index (χ1) is 8.83. The lowest BCUT2D eigenvalue weighted by molar-refractivity contribution is 0.276. The third-order valence-corrected chi connectivity index (χ3v) is 5.67. The van der Waals surface area contributed by atoms with Gasteiger partial charge in [0.25, 0.3) is 0 Å². The second kappa shape index (κ2) is 5.66. The topological polar surface area (TPSA) is 12.0 Å². The summed E-state index contributed by atoms with van der Waals surface area (Å²) in [7, 11) is 0. The molecule has 1 aliphatic heterocycles. The van der Waals surface area contributed by atoms with Crippen LogP contribution >= 0.6 is 11.8 Å². The summed E-state index contributed by atoms with van der Waals surface area (Å²) in [4.78, 5) is 1.48. The van der Waals surface area contributed by atoms with E-state index in [2.05, 4.69) is 36.5 Å². The molecule has 1 atom stereocenters. The van der Waals surface area contributed by atoms with Gasteiger partial charge in [0, 0.05) is 16.7 Å². The van der Waals surface area contributed by atoms with Gasteiger partial charge in [-0.2, -0.15) is 0 Å².